The van der Waals surface area contributed by atoms with Gasteiger partial charge in [-0.2, -0.15) is 0 Å². The first-order valence-corrected chi connectivity index (χ1v) is 2.11. The Hall–Kier alpha value is -1.06. The maximum Gasteiger partial charge on any atom is 0.323 e. The van der Waals surface area contributed by atoms with Crippen LogP contribution in [0, 0.1) is 5.92 Å². The summed E-state index contributed by atoms with van der Waals surface area (Å²) in [7, 11) is 0. The molecule has 0 aromatic rings. The number of aliphatic carboxylic acids is 1. The second-order valence-electron chi connectivity index (χ2n) is 1.52. The van der Waals surface area contributed by atoms with Crippen LogP contribution in [0.3, 0.4) is 0 Å². The van der Waals surface area contributed by atoms with Gasteiger partial charge in [0, 0.05) is 0 Å². The summed E-state index contributed by atoms with van der Waals surface area (Å²) in [5.41, 5.74) is 0. The molecule has 4 nitrogen and oxygen atoms in total. The second-order valence-corrected chi connectivity index (χ2v) is 1.52. The molecule has 44 valence electrons. The van der Waals surface area contributed by atoms with E-state index in [4.69, 9.17) is 5.11 Å². The molecule has 1 N–H and O–H groups in total. The lowest BCUT2D eigenvalue weighted by Crippen LogP contribution is -2.40. The van der Waals surface area contributed by atoms with Crippen molar-refractivity contribution in [2.24, 2.45) is 5.92 Å². The van der Waals surface area contributed by atoms with Crippen molar-refractivity contribution in [3.63, 3.8) is 0 Å². The minimum absolute atomic E-state index is 0.0359. The van der Waals surface area contributed by atoms with Crippen molar-refractivity contribution in [2.45, 2.75) is 0 Å². The van der Waals surface area contributed by atoms with Crippen LogP contribution >= 0.6 is 0 Å². The first kappa shape index (κ1) is 5.08. The van der Waals surface area contributed by atoms with Gasteiger partial charge in [-0.25, -0.2) is 0 Å². The van der Waals surface area contributed by atoms with Gasteiger partial charge in [-0.3, -0.25) is 9.59 Å². The third kappa shape index (κ3) is 0.538. The zero-order valence-electron chi connectivity index (χ0n) is 3.96. The molecule has 1 heterocycles. The van der Waals surface area contributed by atoms with E-state index in [2.05, 4.69) is 4.74 Å². The third-order valence-corrected chi connectivity index (χ3v) is 0.975. The molecule has 0 saturated carbocycles. The van der Waals surface area contributed by atoms with Crippen molar-refractivity contribution in [1.29, 1.82) is 0 Å². The minimum atomic E-state index is -1.10. The Morgan fingerprint density at radius 2 is 2.50 bits per heavy atom. The van der Waals surface area contributed by atoms with Crippen LogP contribution in [0.15, 0.2) is 0 Å². The van der Waals surface area contributed by atoms with Crippen LogP contribution in [0.1, 0.15) is 0 Å². The van der Waals surface area contributed by atoms with E-state index in [0.29, 0.717) is 0 Å². The van der Waals surface area contributed by atoms with Gasteiger partial charge in [-0.15, -0.1) is 0 Å². The third-order valence-electron chi connectivity index (χ3n) is 0.975. The van der Waals surface area contributed by atoms with Crippen LogP contribution in [-0.2, 0) is 14.3 Å². The summed E-state index contributed by atoms with van der Waals surface area (Å²) in [6.07, 6.45) is 0. The number of carboxylic acid groups (broad SMARTS) is 1. The molecule has 4 heteroatoms. The Kier molecular flexibility index (Phi) is 0.932. The summed E-state index contributed by atoms with van der Waals surface area (Å²) in [6, 6.07) is 0. The molecule has 0 aromatic heterocycles. The second kappa shape index (κ2) is 1.47. The summed E-state index contributed by atoms with van der Waals surface area (Å²) in [5, 5.41) is 8.10. The highest BCUT2D eigenvalue weighted by Gasteiger charge is 2.37. The average molecular weight is 116 g/mol. The van der Waals surface area contributed by atoms with Crippen LogP contribution in [0.2, 0.25) is 0 Å². The summed E-state index contributed by atoms with van der Waals surface area (Å²) in [4.78, 5) is 20.0. The summed E-state index contributed by atoms with van der Waals surface area (Å²) < 4.78 is 4.18. The fourth-order valence-corrected chi connectivity index (χ4v) is 0.407. The van der Waals surface area contributed by atoms with Crippen LogP contribution in [0.5, 0.6) is 0 Å². The van der Waals surface area contributed by atoms with Gasteiger partial charge in [0.1, 0.15) is 6.61 Å². The van der Waals surface area contributed by atoms with E-state index in [0.717, 1.165) is 0 Å². The number of carbonyl (C=O) groups excluding carboxylic acids is 1. The van der Waals surface area contributed by atoms with Crippen molar-refractivity contribution in [2.75, 3.05) is 6.61 Å². The zero-order valence-corrected chi connectivity index (χ0v) is 3.96. The number of carbonyl (C=O) groups is 2. The molecule has 8 heavy (non-hydrogen) atoms. The summed E-state index contributed by atoms with van der Waals surface area (Å²) >= 11 is 0. The Bertz CT molecular complexity index is 131. The SMILES string of the molecule is O=C(O)C1COC1=O. The Morgan fingerprint density at radius 1 is 1.88 bits per heavy atom. The smallest absolute Gasteiger partial charge is 0.323 e. The van der Waals surface area contributed by atoms with E-state index < -0.39 is 17.9 Å². The molecule has 1 rings (SSSR count). The molecule has 1 unspecified atom stereocenters. The van der Waals surface area contributed by atoms with E-state index in [1.54, 1.807) is 0 Å². The molecule has 0 aromatic carbocycles. The van der Waals surface area contributed by atoms with Crippen molar-refractivity contribution in [1.82, 2.24) is 0 Å². The van der Waals surface area contributed by atoms with Crippen molar-refractivity contribution < 1.29 is 19.4 Å². The molecular weight excluding hydrogens is 112 g/mol. The van der Waals surface area contributed by atoms with Gasteiger partial charge < -0.3 is 9.84 Å². The van der Waals surface area contributed by atoms with Crippen LogP contribution in [-0.4, -0.2) is 23.7 Å². The largest absolute Gasteiger partial charge is 0.481 e. The summed E-state index contributed by atoms with van der Waals surface area (Å²) in [6.45, 7) is 0.0359. The molecule has 1 fully saturated rings. The van der Waals surface area contributed by atoms with Gasteiger partial charge in [-0.05, 0) is 0 Å². The monoisotopic (exact) mass is 116 g/mol. The zero-order chi connectivity index (χ0) is 6.15. The number of hydrogen-bond donors (Lipinski definition) is 1. The fourth-order valence-electron chi connectivity index (χ4n) is 0.407. The lowest BCUT2D eigenvalue weighted by atomic mass is 10.1. The standard InChI is InChI=1S/C4H4O4/c5-3(6)2-1-8-4(2)7/h2H,1H2,(H,5,6). The molecule has 1 saturated heterocycles. The van der Waals surface area contributed by atoms with Crippen molar-refractivity contribution in [3.8, 4) is 0 Å². The van der Waals surface area contributed by atoms with E-state index in [-0.39, 0.29) is 6.61 Å². The molecule has 0 amide bonds. The topological polar surface area (TPSA) is 63.6 Å². The number of esters is 1. The van der Waals surface area contributed by atoms with Gasteiger partial charge in [-0.1, -0.05) is 0 Å². The molecule has 1 atom stereocenters. The predicted molar refractivity (Wildman–Crippen MR) is 22.1 cm³/mol. The van der Waals surface area contributed by atoms with E-state index in [1.165, 1.54) is 0 Å². The minimum Gasteiger partial charge on any atom is -0.481 e. The van der Waals surface area contributed by atoms with Crippen LogP contribution in [0.4, 0.5) is 0 Å². The van der Waals surface area contributed by atoms with Gasteiger partial charge in [0.25, 0.3) is 0 Å². The van der Waals surface area contributed by atoms with Gasteiger partial charge in [0.15, 0.2) is 5.92 Å². The number of hydrogen-bond acceptors (Lipinski definition) is 3. The van der Waals surface area contributed by atoms with E-state index >= 15 is 0 Å². The molecule has 1 aliphatic heterocycles. The molecule has 0 bridgehead atoms. The van der Waals surface area contributed by atoms with Gasteiger partial charge in [0.2, 0.25) is 0 Å². The molecule has 1 aliphatic rings. The number of ether oxygens (including phenoxy) is 1. The fraction of sp³-hybridized carbons (Fsp3) is 0.500. The van der Waals surface area contributed by atoms with Crippen molar-refractivity contribution >= 4 is 11.9 Å². The first-order valence-electron chi connectivity index (χ1n) is 2.11. The number of rotatable bonds is 1. The van der Waals surface area contributed by atoms with Crippen LogP contribution < -0.4 is 0 Å². The quantitative estimate of drug-likeness (QED) is 0.361. The predicted octanol–water partition coefficient (Wildman–Crippen LogP) is -0.756. The van der Waals surface area contributed by atoms with Crippen molar-refractivity contribution in [3.05, 3.63) is 0 Å². The van der Waals surface area contributed by atoms with Gasteiger partial charge in [0.05, 0.1) is 0 Å². The maximum absolute atomic E-state index is 10.1. The van der Waals surface area contributed by atoms with E-state index in [1.807, 2.05) is 0 Å². The first-order chi connectivity index (χ1) is 3.72. The van der Waals surface area contributed by atoms with Gasteiger partial charge >= 0.3 is 11.9 Å². The van der Waals surface area contributed by atoms with E-state index in [9.17, 15) is 9.59 Å². The highest BCUT2D eigenvalue weighted by molar-refractivity contribution is 5.97. The Morgan fingerprint density at radius 3 is 2.50 bits per heavy atom. The summed E-state index contributed by atoms with van der Waals surface area (Å²) in [5.74, 6) is -2.62. The lowest BCUT2D eigenvalue weighted by Gasteiger charge is -2.19. The molecule has 0 aliphatic carbocycles. The molecule has 0 spiro atoms. The average Bonchev–Trinajstić information content (AvgIpc) is 1.61. The highest BCUT2D eigenvalue weighted by atomic mass is 16.6. The number of cyclic esters (lactones) is 1. The molecule has 0 radical (unpaired) electrons. The highest BCUT2D eigenvalue weighted by Crippen LogP contribution is 2.11. The Balaban J connectivity index is 2.49. The normalized spacial score (nSPS) is 26.0. The molecular formula is C4H4O4. The van der Waals surface area contributed by atoms with Crippen LogP contribution in [0.25, 0.3) is 0 Å². The number of carboxylic acids is 1. The maximum atomic E-state index is 10.1. The Labute approximate surface area is 45.1 Å². The lowest BCUT2D eigenvalue weighted by molar-refractivity contribution is -0.178.